The monoisotopic (exact) mass is 264 g/mol. The molecule has 0 saturated heterocycles. The van der Waals surface area contributed by atoms with E-state index in [1.54, 1.807) is 6.07 Å². The Kier molecular flexibility index (Phi) is 2.61. The fraction of sp³-hybridized carbons (Fsp3) is 0. The van der Waals surface area contributed by atoms with E-state index in [-0.39, 0.29) is 5.69 Å². The van der Waals surface area contributed by atoms with Crippen LogP contribution in [-0.2, 0) is 0 Å². The van der Waals surface area contributed by atoms with Crippen LogP contribution in [0.15, 0.2) is 17.4 Å². The molecule has 0 N–H and O–H groups in total. The zero-order valence-electron chi connectivity index (χ0n) is 5.20. The molecular weight excluding hydrogens is 262 g/mol. The third-order valence-electron chi connectivity index (χ3n) is 0.975. The highest BCUT2D eigenvalue weighted by atomic mass is 127. The van der Waals surface area contributed by atoms with Crippen molar-refractivity contribution < 1.29 is 4.39 Å². The van der Waals surface area contributed by atoms with Crippen molar-refractivity contribution in [3.05, 3.63) is 32.2 Å². The average Bonchev–Trinajstić information content (AvgIpc) is 1.97. The largest absolute Gasteiger partial charge is 0.228 e. The second-order valence-electron chi connectivity index (χ2n) is 1.62. The Bertz CT molecular complexity index is 300. The summed E-state index contributed by atoms with van der Waals surface area (Å²) in [5.74, 6) is -0.741. The number of hydrogen-bond donors (Lipinski definition) is 0. The predicted molar refractivity (Wildman–Crippen MR) is 45.7 cm³/mol. The van der Waals surface area contributed by atoms with E-state index in [1.165, 1.54) is 6.20 Å². The Morgan fingerprint density at radius 1 is 1.73 bits per heavy atom. The average molecular weight is 264 g/mol. The third-order valence-corrected chi connectivity index (χ3v) is 1.85. The van der Waals surface area contributed by atoms with Gasteiger partial charge in [-0.3, -0.25) is 0 Å². The molecule has 6 heteroatoms. The molecule has 56 valence electrons. The summed E-state index contributed by atoms with van der Waals surface area (Å²) >= 11 is 1.86. The molecule has 0 fully saturated rings. The van der Waals surface area contributed by atoms with Crippen LogP contribution in [0, 0.1) is 9.52 Å². The Morgan fingerprint density at radius 2 is 2.45 bits per heavy atom. The molecule has 0 aliphatic heterocycles. The first kappa shape index (κ1) is 8.22. The first-order valence-corrected chi connectivity index (χ1v) is 3.68. The smallest absolute Gasteiger partial charge is 0.223 e. The second kappa shape index (κ2) is 3.49. The number of hydrogen-bond acceptors (Lipinski definition) is 2. The summed E-state index contributed by atoms with van der Waals surface area (Å²) in [6, 6.07) is 1.56. The van der Waals surface area contributed by atoms with Gasteiger partial charge >= 0.3 is 0 Å². The van der Waals surface area contributed by atoms with Crippen molar-refractivity contribution in [3.63, 3.8) is 0 Å². The minimum Gasteiger partial charge on any atom is -0.228 e. The minimum absolute atomic E-state index is 0.0457. The van der Waals surface area contributed by atoms with Crippen molar-refractivity contribution in [1.29, 1.82) is 0 Å². The summed E-state index contributed by atoms with van der Waals surface area (Å²) in [4.78, 5) is 5.79. The van der Waals surface area contributed by atoms with Crippen LogP contribution in [0.25, 0.3) is 10.4 Å². The summed E-state index contributed by atoms with van der Waals surface area (Å²) in [6.07, 6.45) is 1.31. The van der Waals surface area contributed by atoms with Crippen molar-refractivity contribution in [2.45, 2.75) is 0 Å². The summed E-state index contributed by atoms with van der Waals surface area (Å²) in [5.41, 5.74) is 7.98. The lowest BCUT2D eigenvalue weighted by Crippen LogP contribution is -1.83. The van der Waals surface area contributed by atoms with E-state index >= 15 is 0 Å². The fourth-order valence-electron chi connectivity index (χ4n) is 0.541. The summed E-state index contributed by atoms with van der Waals surface area (Å²) < 4.78 is 13.2. The molecular formula is C5H2FIN4. The zero-order valence-corrected chi connectivity index (χ0v) is 7.36. The highest BCUT2D eigenvalue weighted by molar-refractivity contribution is 14.1. The molecule has 0 aromatic carbocycles. The quantitative estimate of drug-likeness (QED) is 0.253. The maximum absolute atomic E-state index is 12.7. The van der Waals surface area contributed by atoms with Crippen LogP contribution < -0.4 is 0 Å². The molecule has 0 spiro atoms. The predicted octanol–water partition coefficient (Wildman–Crippen LogP) is 2.77. The summed E-state index contributed by atoms with van der Waals surface area (Å²) in [6.45, 7) is 0. The highest BCUT2D eigenvalue weighted by Gasteiger charge is 2.03. The van der Waals surface area contributed by atoms with Crippen LogP contribution in [0.4, 0.5) is 10.1 Å². The van der Waals surface area contributed by atoms with Crippen LogP contribution in [0.5, 0.6) is 0 Å². The van der Waals surface area contributed by atoms with E-state index in [4.69, 9.17) is 5.53 Å². The van der Waals surface area contributed by atoms with Gasteiger partial charge in [0.1, 0.15) is 5.69 Å². The summed E-state index contributed by atoms with van der Waals surface area (Å²) in [7, 11) is 0. The van der Waals surface area contributed by atoms with E-state index in [1.807, 2.05) is 22.6 Å². The van der Waals surface area contributed by atoms with Crippen LogP contribution in [0.1, 0.15) is 0 Å². The lowest BCUT2D eigenvalue weighted by molar-refractivity contribution is 0.585. The molecule has 0 saturated carbocycles. The molecule has 0 radical (unpaired) electrons. The Labute approximate surface area is 75.2 Å². The molecule has 4 nitrogen and oxygen atoms in total. The number of azide groups is 1. The molecule has 0 unspecified atom stereocenters. The first-order valence-electron chi connectivity index (χ1n) is 2.61. The number of rotatable bonds is 1. The standard InChI is InChI=1S/C5H2FIN4/c6-5-4(10-11-8)3(7)1-2-9-5/h1-2H. The zero-order chi connectivity index (χ0) is 8.27. The normalized spacial score (nSPS) is 8.91. The Hall–Kier alpha value is -0.880. The number of pyridine rings is 1. The van der Waals surface area contributed by atoms with E-state index in [2.05, 4.69) is 15.0 Å². The van der Waals surface area contributed by atoms with Gasteiger partial charge in [0.2, 0.25) is 5.95 Å². The molecule has 0 bridgehead atoms. The van der Waals surface area contributed by atoms with Gasteiger partial charge in [0.05, 0.1) is 0 Å². The Morgan fingerprint density at radius 3 is 3.00 bits per heavy atom. The second-order valence-corrected chi connectivity index (χ2v) is 2.78. The first-order chi connectivity index (χ1) is 5.25. The molecule has 1 heterocycles. The minimum atomic E-state index is -0.741. The van der Waals surface area contributed by atoms with Crippen molar-refractivity contribution in [1.82, 2.24) is 4.98 Å². The van der Waals surface area contributed by atoms with Gasteiger partial charge in [0.25, 0.3) is 0 Å². The number of halogens is 2. The van der Waals surface area contributed by atoms with Crippen molar-refractivity contribution in [2.24, 2.45) is 5.11 Å². The van der Waals surface area contributed by atoms with E-state index in [0.29, 0.717) is 3.57 Å². The topological polar surface area (TPSA) is 61.7 Å². The van der Waals surface area contributed by atoms with Gasteiger partial charge in [-0.2, -0.15) is 4.39 Å². The molecule has 1 aromatic rings. The van der Waals surface area contributed by atoms with Gasteiger partial charge in [-0.1, -0.05) is 5.11 Å². The van der Waals surface area contributed by atoms with Crippen molar-refractivity contribution >= 4 is 28.3 Å². The molecule has 11 heavy (non-hydrogen) atoms. The van der Waals surface area contributed by atoms with Crippen LogP contribution >= 0.6 is 22.6 Å². The molecule has 1 rings (SSSR count). The molecule has 0 aliphatic rings. The lowest BCUT2D eigenvalue weighted by atomic mass is 10.4. The Balaban J connectivity index is 3.31. The molecule has 0 atom stereocenters. The van der Waals surface area contributed by atoms with E-state index in [0.717, 1.165) is 0 Å². The summed E-state index contributed by atoms with van der Waals surface area (Å²) in [5, 5.41) is 3.14. The van der Waals surface area contributed by atoms with E-state index in [9.17, 15) is 4.39 Å². The van der Waals surface area contributed by atoms with E-state index < -0.39 is 5.95 Å². The third kappa shape index (κ3) is 1.78. The lowest BCUT2D eigenvalue weighted by Gasteiger charge is -1.94. The number of aromatic nitrogens is 1. The van der Waals surface area contributed by atoms with Crippen LogP contribution in [0.3, 0.4) is 0 Å². The van der Waals surface area contributed by atoms with Crippen LogP contribution in [0.2, 0.25) is 0 Å². The maximum Gasteiger partial charge on any atom is 0.223 e. The van der Waals surface area contributed by atoms with Gasteiger partial charge in [-0.15, -0.1) is 0 Å². The molecule has 0 amide bonds. The fourth-order valence-corrected chi connectivity index (χ4v) is 1.03. The van der Waals surface area contributed by atoms with Gasteiger partial charge in [-0.05, 0) is 34.2 Å². The van der Waals surface area contributed by atoms with Crippen molar-refractivity contribution in [3.8, 4) is 0 Å². The number of nitrogens with zero attached hydrogens (tertiary/aromatic N) is 4. The van der Waals surface area contributed by atoms with Crippen molar-refractivity contribution in [2.75, 3.05) is 0 Å². The van der Waals surface area contributed by atoms with Gasteiger partial charge in [-0.25, -0.2) is 4.98 Å². The molecule has 1 aromatic heterocycles. The van der Waals surface area contributed by atoms with Gasteiger partial charge < -0.3 is 0 Å². The van der Waals surface area contributed by atoms with Gasteiger partial charge in [0.15, 0.2) is 0 Å². The van der Waals surface area contributed by atoms with Gasteiger partial charge in [0, 0.05) is 14.7 Å². The SMILES string of the molecule is [N-]=[N+]=Nc1c(I)ccnc1F. The molecule has 0 aliphatic carbocycles. The van der Waals surface area contributed by atoms with Crippen LogP contribution in [-0.4, -0.2) is 4.98 Å². The highest BCUT2D eigenvalue weighted by Crippen LogP contribution is 2.22. The maximum atomic E-state index is 12.7.